The predicted molar refractivity (Wildman–Crippen MR) is 99.9 cm³/mol. The fourth-order valence-corrected chi connectivity index (χ4v) is 3.71. The lowest BCUT2D eigenvalue weighted by atomic mass is 9.98. The average Bonchev–Trinajstić information content (AvgIpc) is 2.96. The van der Waals surface area contributed by atoms with Crippen molar-refractivity contribution in [3.8, 4) is 0 Å². The van der Waals surface area contributed by atoms with E-state index in [0.717, 1.165) is 9.87 Å². The van der Waals surface area contributed by atoms with Crippen LogP contribution in [0.5, 0.6) is 0 Å². The summed E-state index contributed by atoms with van der Waals surface area (Å²) in [6.07, 6.45) is 1.06. The van der Waals surface area contributed by atoms with Crippen LogP contribution in [0.2, 0.25) is 0 Å². The highest BCUT2D eigenvalue weighted by Crippen LogP contribution is 2.22. The van der Waals surface area contributed by atoms with E-state index in [1.54, 1.807) is 19.2 Å². The molecule has 0 aliphatic heterocycles. The van der Waals surface area contributed by atoms with Crippen LogP contribution in [-0.4, -0.2) is 48.4 Å². The Hall–Kier alpha value is -2.65. The molecule has 1 amide bonds. The molecule has 2 rings (SSSR count). The topological polar surface area (TPSA) is 109 Å². The Kier molecular flexibility index (Phi) is 6.07. The van der Waals surface area contributed by atoms with E-state index in [9.17, 15) is 23.1 Å². The molecule has 0 fully saturated rings. The van der Waals surface area contributed by atoms with Crippen molar-refractivity contribution < 1.29 is 23.1 Å². The van der Waals surface area contributed by atoms with Gasteiger partial charge in [-0.15, -0.1) is 0 Å². The first kappa shape index (κ1) is 20.7. The minimum atomic E-state index is -3.68. The summed E-state index contributed by atoms with van der Waals surface area (Å²) in [4.78, 5) is 24.0. The number of carboxylic acid groups (broad SMARTS) is 1. The number of nitrogens with zero attached hydrogens (tertiary/aromatic N) is 2. The number of hydrogen-bond acceptors (Lipinski definition) is 4. The van der Waals surface area contributed by atoms with E-state index in [2.05, 4.69) is 5.32 Å². The quantitative estimate of drug-likeness (QED) is 0.742. The fraction of sp³-hybridized carbons (Fsp3) is 0.333. The van der Waals surface area contributed by atoms with Gasteiger partial charge in [-0.1, -0.05) is 24.3 Å². The van der Waals surface area contributed by atoms with Crippen LogP contribution in [0.15, 0.2) is 41.4 Å². The SMILES string of the molecule is Cc1ccccc1C(CC(=O)O)NC(=O)c1cc(S(=O)(=O)N(C)C)cn1C. The monoisotopic (exact) mass is 393 g/mol. The maximum atomic E-state index is 12.7. The lowest BCUT2D eigenvalue weighted by molar-refractivity contribution is -0.137. The third-order valence-corrected chi connectivity index (χ3v) is 6.02. The zero-order valence-electron chi connectivity index (χ0n) is 15.6. The van der Waals surface area contributed by atoms with Gasteiger partial charge in [0.05, 0.1) is 12.5 Å². The summed E-state index contributed by atoms with van der Waals surface area (Å²) < 4.78 is 27.0. The van der Waals surface area contributed by atoms with Crippen LogP contribution in [0.4, 0.5) is 0 Å². The second kappa shape index (κ2) is 7.93. The van der Waals surface area contributed by atoms with Crippen molar-refractivity contribution in [2.45, 2.75) is 24.3 Å². The van der Waals surface area contributed by atoms with Crippen LogP contribution in [0, 0.1) is 6.92 Å². The number of nitrogens with one attached hydrogen (secondary N) is 1. The second-order valence-electron chi connectivity index (χ2n) is 6.44. The molecule has 0 saturated heterocycles. The van der Waals surface area contributed by atoms with E-state index in [4.69, 9.17) is 0 Å². The third-order valence-electron chi connectivity index (χ3n) is 4.24. The zero-order chi connectivity index (χ0) is 20.4. The predicted octanol–water partition coefficient (Wildman–Crippen LogP) is 1.53. The Balaban J connectivity index is 2.35. The number of carboxylic acids is 1. The first-order chi connectivity index (χ1) is 12.5. The summed E-state index contributed by atoms with van der Waals surface area (Å²) in [5.74, 6) is -1.60. The van der Waals surface area contributed by atoms with Gasteiger partial charge in [-0.05, 0) is 24.1 Å². The van der Waals surface area contributed by atoms with E-state index >= 15 is 0 Å². The Morgan fingerprint density at radius 1 is 1.26 bits per heavy atom. The van der Waals surface area contributed by atoms with Gasteiger partial charge in [0.15, 0.2) is 0 Å². The van der Waals surface area contributed by atoms with Gasteiger partial charge in [-0.3, -0.25) is 9.59 Å². The van der Waals surface area contributed by atoms with Crippen molar-refractivity contribution in [1.82, 2.24) is 14.2 Å². The van der Waals surface area contributed by atoms with Crippen LogP contribution in [0.25, 0.3) is 0 Å². The van der Waals surface area contributed by atoms with E-state index in [1.165, 1.54) is 30.9 Å². The molecule has 9 heteroatoms. The highest BCUT2D eigenvalue weighted by Gasteiger charge is 2.25. The molecule has 1 aromatic carbocycles. The second-order valence-corrected chi connectivity index (χ2v) is 8.59. The summed E-state index contributed by atoms with van der Waals surface area (Å²) in [6.45, 7) is 1.83. The standard InChI is InChI=1S/C18H23N3O5S/c1-12-7-5-6-8-14(12)15(10-17(22)23)19-18(24)16-9-13(11-21(16)4)27(25,26)20(2)3/h5-9,11,15H,10H2,1-4H3,(H,19,24)(H,22,23). The van der Waals surface area contributed by atoms with E-state index < -0.39 is 27.9 Å². The van der Waals surface area contributed by atoms with Gasteiger partial charge < -0.3 is 15.0 Å². The van der Waals surface area contributed by atoms with Gasteiger partial charge in [-0.2, -0.15) is 0 Å². The molecule has 0 aliphatic rings. The van der Waals surface area contributed by atoms with Crippen molar-refractivity contribution in [3.63, 3.8) is 0 Å². The summed E-state index contributed by atoms with van der Waals surface area (Å²) in [6, 6.07) is 7.73. The molecule has 1 aromatic heterocycles. The average molecular weight is 393 g/mol. The minimum absolute atomic E-state index is 0.00849. The van der Waals surface area contributed by atoms with E-state index in [-0.39, 0.29) is 17.0 Å². The van der Waals surface area contributed by atoms with Crippen molar-refractivity contribution >= 4 is 21.9 Å². The van der Waals surface area contributed by atoms with Gasteiger partial charge in [0, 0.05) is 27.3 Å². The number of carbonyl (C=O) groups excluding carboxylic acids is 1. The van der Waals surface area contributed by atoms with Gasteiger partial charge in [0.1, 0.15) is 10.6 Å². The van der Waals surface area contributed by atoms with Crippen molar-refractivity contribution in [2.24, 2.45) is 7.05 Å². The van der Waals surface area contributed by atoms with Crippen LogP contribution in [0.1, 0.15) is 34.1 Å². The molecule has 1 heterocycles. The maximum absolute atomic E-state index is 12.7. The number of sulfonamides is 1. The van der Waals surface area contributed by atoms with Crippen LogP contribution in [0.3, 0.4) is 0 Å². The molecule has 1 atom stereocenters. The third kappa shape index (κ3) is 4.55. The Morgan fingerprint density at radius 3 is 2.44 bits per heavy atom. The molecule has 0 bridgehead atoms. The Bertz CT molecular complexity index is 963. The molecule has 1 unspecified atom stereocenters. The lowest BCUT2D eigenvalue weighted by Crippen LogP contribution is -2.31. The first-order valence-electron chi connectivity index (χ1n) is 8.21. The van der Waals surface area contributed by atoms with Gasteiger partial charge in [0.2, 0.25) is 10.0 Å². The van der Waals surface area contributed by atoms with Crippen LogP contribution >= 0.6 is 0 Å². The zero-order valence-corrected chi connectivity index (χ0v) is 16.4. The van der Waals surface area contributed by atoms with Crippen LogP contribution < -0.4 is 5.32 Å². The number of aryl methyl sites for hydroxylation is 2. The van der Waals surface area contributed by atoms with Crippen molar-refractivity contribution in [2.75, 3.05) is 14.1 Å². The minimum Gasteiger partial charge on any atom is -0.481 e. The van der Waals surface area contributed by atoms with Crippen molar-refractivity contribution in [3.05, 3.63) is 53.3 Å². The molecular weight excluding hydrogens is 370 g/mol. The molecule has 2 N–H and O–H groups in total. The molecule has 0 spiro atoms. The highest BCUT2D eigenvalue weighted by molar-refractivity contribution is 7.89. The Morgan fingerprint density at radius 2 is 1.89 bits per heavy atom. The first-order valence-corrected chi connectivity index (χ1v) is 9.65. The molecule has 2 aromatic rings. The van der Waals surface area contributed by atoms with Gasteiger partial charge in [0.25, 0.3) is 5.91 Å². The number of aromatic nitrogens is 1. The van der Waals surface area contributed by atoms with Crippen molar-refractivity contribution in [1.29, 1.82) is 0 Å². The summed E-state index contributed by atoms with van der Waals surface area (Å²) in [5.41, 5.74) is 1.68. The number of amides is 1. The highest BCUT2D eigenvalue weighted by atomic mass is 32.2. The van der Waals surface area contributed by atoms with Gasteiger partial charge >= 0.3 is 5.97 Å². The lowest BCUT2D eigenvalue weighted by Gasteiger charge is -2.19. The Labute approximate surface area is 158 Å². The summed E-state index contributed by atoms with van der Waals surface area (Å²) in [7, 11) is 0.691. The molecule has 27 heavy (non-hydrogen) atoms. The number of aliphatic carboxylic acids is 1. The fourth-order valence-electron chi connectivity index (χ4n) is 2.74. The summed E-state index contributed by atoms with van der Waals surface area (Å²) >= 11 is 0. The van der Waals surface area contributed by atoms with E-state index in [0.29, 0.717) is 5.56 Å². The number of carbonyl (C=O) groups is 2. The van der Waals surface area contributed by atoms with Crippen LogP contribution in [-0.2, 0) is 21.9 Å². The normalized spacial score (nSPS) is 12.8. The molecule has 0 saturated carbocycles. The van der Waals surface area contributed by atoms with Gasteiger partial charge in [-0.25, -0.2) is 12.7 Å². The molecular formula is C18H23N3O5S. The smallest absolute Gasteiger partial charge is 0.305 e. The number of hydrogen-bond donors (Lipinski definition) is 2. The van der Waals surface area contributed by atoms with E-state index in [1.807, 2.05) is 19.1 Å². The maximum Gasteiger partial charge on any atom is 0.305 e. The number of rotatable bonds is 7. The largest absolute Gasteiger partial charge is 0.481 e. The molecule has 8 nitrogen and oxygen atoms in total. The molecule has 0 aliphatic carbocycles. The molecule has 0 radical (unpaired) electrons. The summed E-state index contributed by atoms with van der Waals surface area (Å²) in [5, 5.41) is 11.9. The molecule has 146 valence electrons. The number of benzene rings is 1.